The van der Waals surface area contributed by atoms with E-state index in [0.29, 0.717) is 0 Å². The Kier molecular flexibility index (Phi) is 4.26. The minimum absolute atomic E-state index is 0.114. The van der Waals surface area contributed by atoms with Gasteiger partial charge in [0, 0.05) is 12.7 Å². The third kappa shape index (κ3) is 3.28. The van der Waals surface area contributed by atoms with Crippen LogP contribution in [-0.2, 0) is 6.54 Å². The Balaban J connectivity index is 1.39. The Hall–Kier alpha value is -2.51. The van der Waals surface area contributed by atoms with E-state index in [1.807, 2.05) is 18.5 Å². The molecule has 0 spiro atoms. The van der Waals surface area contributed by atoms with E-state index in [-0.39, 0.29) is 12.1 Å². The second kappa shape index (κ2) is 6.90. The number of aliphatic hydroxyl groups is 1. The molecule has 0 saturated heterocycles. The zero-order valence-electron chi connectivity index (χ0n) is 14.9. The Labute approximate surface area is 160 Å². The summed E-state index contributed by atoms with van der Waals surface area (Å²) in [7, 11) is 0. The molecular formula is C20H21N5OS. The first-order valence-electron chi connectivity index (χ1n) is 9.36. The largest absolute Gasteiger partial charge is 0.391 e. The monoisotopic (exact) mass is 379 g/mol. The molecule has 3 aromatic heterocycles. The number of hydrogen-bond donors (Lipinski definition) is 2. The lowest BCUT2D eigenvalue weighted by Gasteiger charge is -2.27. The zero-order valence-corrected chi connectivity index (χ0v) is 15.7. The molecule has 27 heavy (non-hydrogen) atoms. The van der Waals surface area contributed by atoms with Gasteiger partial charge in [-0.05, 0) is 42.7 Å². The fourth-order valence-electron chi connectivity index (χ4n) is 3.79. The summed E-state index contributed by atoms with van der Waals surface area (Å²) in [6, 6.07) is 10.5. The minimum atomic E-state index is -0.274. The van der Waals surface area contributed by atoms with Crippen molar-refractivity contribution in [2.75, 3.05) is 5.32 Å². The molecule has 138 valence electrons. The van der Waals surface area contributed by atoms with E-state index < -0.39 is 0 Å². The molecule has 6 nitrogen and oxygen atoms in total. The fourth-order valence-corrected chi connectivity index (χ4v) is 4.78. The van der Waals surface area contributed by atoms with Crippen LogP contribution in [0.15, 0.2) is 42.9 Å². The van der Waals surface area contributed by atoms with Crippen LogP contribution >= 0.6 is 11.3 Å². The molecule has 2 N–H and O–H groups in total. The van der Waals surface area contributed by atoms with E-state index in [1.165, 1.54) is 5.56 Å². The van der Waals surface area contributed by atoms with E-state index in [0.717, 1.165) is 58.7 Å². The number of aliphatic hydroxyl groups excluding tert-OH is 1. The van der Waals surface area contributed by atoms with Gasteiger partial charge in [0.1, 0.15) is 0 Å². The van der Waals surface area contributed by atoms with E-state index in [9.17, 15) is 5.11 Å². The molecule has 2 atom stereocenters. The molecular weight excluding hydrogens is 358 g/mol. The van der Waals surface area contributed by atoms with Crippen molar-refractivity contribution in [1.29, 1.82) is 0 Å². The van der Waals surface area contributed by atoms with E-state index >= 15 is 0 Å². The highest BCUT2D eigenvalue weighted by Gasteiger charge is 2.23. The van der Waals surface area contributed by atoms with Gasteiger partial charge in [0.2, 0.25) is 0 Å². The van der Waals surface area contributed by atoms with Crippen molar-refractivity contribution in [2.45, 2.75) is 44.4 Å². The van der Waals surface area contributed by atoms with E-state index in [1.54, 1.807) is 17.5 Å². The summed E-state index contributed by atoms with van der Waals surface area (Å²) >= 11 is 1.65. The van der Waals surface area contributed by atoms with Crippen molar-refractivity contribution in [3.05, 3.63) is 48.4 Å². The first-order valence-corrected chi connectivity index (χ1v) is 10.2. The predicted molar refractivity (Wildman–Crippen MR) is 108 cm³/mol. The highest BCUT2D eigenvalue weighted by Crippen LogP contribution is 2.30. The maximum absolute atomic E-state index is 10.2. The molecule has 0 aliphatic heterocycles. The number of nitrogens with one attached hydrogen (secondary N) is 1. The molecule has 4 aromatic rings. The first-order chi connectivity index (χ1) is 13.3. The van der Waals surface area contributed by atoms with Gasteiger partial charge in [0.15, 0.2) is 10.8 Å². The van der Waals surface area contributed by atoms with Gasteiger partial charge in [-0.1, -0.05) is 30.2 Å². The lowest BCUT2D eigenvalue weighted by Crippen LogP contribution is -2.36. The number of aromatic nitrogens is 4. The van der Waals surface area contributed by atoms with Crippen molar-refractivity contribution in [1.82, 2.24) is 19.5 Å². The van der Waals surface area contributed by atoms with Gasteiger partial charge in [-0.3, -0.25) is 0 Å². The lowest BCUT2D eigenvalue weighted by molar-refractivity contribution is 0.116. The van der Waals surface area contributed by atoms with Crippen LogP contribution < -0.4 is 5.32 Å². The predicted octanol–water partition coefficient (Wildman–Crippen LogP) is 3.80. The van der Waals surface area contributed by atoms with E-state index in [2.05, 4.69) is 38.1 Å². The van der Waals surface area contributed by atoms with Crippen LogP contribution in [-0.4, -0.2) is 36.8 Å². The van der Waals surface area contributed by atoms with Gasteiger partial charge in [-0.15, -0.1) is 0 Å². The molecule has 0 bridgehead atoms. The number of fused-ring (bicyclic) bond motifs is 2. The fraction of sp³-hybridized carbons (Fsp3) is 0.350. The summed E-state index contributed by atoms with van der Waals surface area (Å²) < 4.78 is 3.27. The van der Waals surface area contributed by atoms with Gasteiger partial charge < -0.3 is 15.0 Å². The van der Waals surface area contributed by atoms with Crippen molar-refractivity contribution in [3.8, 4) is 0 Å². The Morgan fingerprint density at radius 3 is 3.04 bits per heavy atom. The number of hydrogen-bond acceptors (Lipinski definition) is 6. The van der Waals surface area contributed by atoms with Crippen molar-refractivity contribution in [3.63, 3.8) is 0 Å². The summed E-state index contributed by atoms with van der Waals surface area (Å²) in [4.78, 5) is 13.3. The van der Waals surface area contributed by atoms with Gasteiger partial charge in [-0.25, -0.2) is 15.0 Å². The summed E-state index contributed by atoms with van der Waals surface area (Å²) in [5, 5.41) is 14.5. The molecule has 1 saturated carbocycles. The van der Waals surface area contributed by atoms with Crippen LogP contribution in [0.1, 0.15) is 31.2 Å². The molecule has 0 radical (unpaired) electrons. The Bertz CT molecular complexity index is 1090. The van der Waals surface area contributed by atoms with E-state index in [4.69, 9.17) is 4.98 Å². The molecule has 3 heterocycles. The average molecular weight is 379 g/mol. The molecule has 5 rings (SSSR count). The van der Waals surface area contributed by atoms with Gasteiger partial charge >= 0.3 is 0 Å². The summed E-state index contributed by atoms with van der Waals surface area (Å²) in [5.74, 6) is 0. The molecule has 1 aliphatic rings. The second-order valence-electron chi connectivity index (χ2n) is 7.14. The summed E-state index contributed by atoms with van der Waals surface area (Å²) in [6.07, 6.45) is 7.49. The Morgan fingerprint density at radius 2 is 2.11 bits per heavy atom. The number of thiazole rings is 1. The second-order valence-corrected chi connectivity index (χ2v) is 8.17. The molecule has 1 aliphatic carbocycles. The van der Waals surface area contributed by atoms with Crippen molar-refractivity contribution >= 4 is 37.8 Å². The molecule has 1 aromatic carbocycles. The summed E-state index contributed by atoms with van der Waals surface area (Å²) in [6.45, 7) is 0.750. The highest BCUT2D eigenvalue weighted by atomic mass is 32.1. The maximum atomic E-state index is 10.2. The normalized spacial score (nSPS) is 20.3. The molecule has 7 heteroatoms. The van der Waals surface area contributed by atoms with Gasteiger partial charge in [0.05, 0.1) is 34.2 Å². The molecule has 0 amide bonds. The average Bonchev–Trinajstić information content (AvgIpc) is 3.27. The Morgan fingerprint density at radius 1 is 1.19 bits per heavy atom. The zero-order chi connectivity index (χ0) is 18.2. The van der Waals surface area contributed by atoms with Crippen LogP contribution in [0.4, 0.5) is 5.13 Å². The minimum Gasteiger partial charge on any atom is -0.391 e. The topological polar surface area (TPSA) is 75.9 Å². The number of anilines is 1. The van der Waals surface area contributed by atoms with Crippen molar-refractivity contribution in [2.24, 2.45) is 0 Å². The summed E-state index contributed by atoms with van der Waals surface area (Å²) in [5.41, 5.74) is 4.01. The van der Waals surface area contributed by atoms with Crippen molar-refractivity contribution < 1.29 is 5.11 Å². The quantitative estimate of drug-likeness (QED) is 0.564. The number of imidazole rings is 1. The first kappa shape index (κ1) is 16.6. The number of pyridine rings is 1. The maximum Gasteiger partial charge on any atom is 0.184 e. The number of benzene rings is 1. The van der Waals surface area contributed by atoms with Crippen LogP contribution in [0.25, 0.3) is 21.4 Å². The van der Waals surface area contributed by atoms with Crippen LogP contribution in [0.5, 0.6) is 0 Å². The van der Waals surface area contributed by atoms with Crippen LogP contribution in [0.2, 0.25) is 0 Å². The number of nitrogens with zero attached hydrogens (tertiary/aromatic N) is 4. The van der Waals surface area contributed by atoms with Crippen LogP contribution in [0.3, 0.4) is 0 Å². The third-order valence-electron chi connectivity index (χ3n) is 5.24. The highest BCUT2D eigenvalue weighted by molar-refractivity contribution is 7.22. The van der Waals surface area contributed by atoms with Crippen LogP contribution in [0, 0.1) is 0 Å². The molecule has 1 fully saturated rings. The third-order valence-corrected chi connectivity index (χ3v) is 6.19. The van der Waals surface area contributed by atoms with Gasteiger partial charge in [-0.2, -0.15) is 0 Å². The standard InChI is InChI=1S/C20H21N5OS/c26-17-6-2-1-4-14(17)23-20-24-15-8-7-13(10-18(15)27-20)11-25-12-22-19-16(25)5-3-9-21-19/h3,5,7-10,12,14,17,26H,1-2,4,6,11H2,(H,23,24). The molecule has 2 unspecified atom stereocenters. The smallest absolute Gasteiger partial charge is 0.184 e. The van der Waals surface area contributed by atoms with Gasteiger partial charge in [0.25, 0.3) is 0 Å². The SMILES string of the molecule is OC1CCCCC1Nc1nc2ccc(Cn3cnc4ncccc43)cc2s1. The number of rotatable bonds is 4. The lowest BCUT2D eigenvalue weighted by atomic mass is 9.93.